The summed E-state index contributed by atoms with van der Waals surface area (Å²) in [5.41, 5.74) is 0.428. The summed E-state index contributed by atoms with van der Waals surface area (Å²) in [6.07, 6.45) is 4.48. The van der Waals surface area contributed by atoms with Gasteiger partial charge >= 0.3 is 5.69 Å². The molecule has 25 heavy (non-hydrogen) atoms. The standard InChI is InChI=1S/C15H19N7O3/c23-22(24)13-14(17-4-5-21-6-8-25-9-7-21)18-11-19-15(13)20-12-2-1-3-16-10-12/h1-3,10-11H,4-9H2,(H2,17,18,19,20). The quantitative estimate of drug-likeness (QED) is 0.564. The fraction of sp³-hybridized carbons (Fsp3) is 0.400. The summed E-state index contributed by atoms with van der Waals surface area (Å²) >= 11 is 0. The van der Waals surface area contributed by atoms with Gasteiger partial charge in [-0.2, -0.15) is 0 Å². The molecule has 10 nitrogen and oxygen atoms in total. The molecule has 0 spiro atoms. The van der Waals surface area contributed by atoms with Crippen LogP contribution in [0.5, 0.6) is 0 Å². The van der Waals surface area contributed by atoms with E-state index in [2.05, 4.69) is 30.5 Å². The molecule has 3 heterocycles. The lowest BCUT2D eigenvalue weighted by atomic mass is 10.3. The number of nitro groups is 1. The number of nitrogens with one attached hydrogen (secondary N) is 2. The number of ether oxygens (including phenoxy) is 1. The van der Waals surface area contributed by atoms with Crippen LogP contribution in [0.1, 0.15) is 0 Å². The summed E-state index contributed by atoms with van der Waals surface area (Å²) in [7, 11) is 0. The van der Waals surface area contributed by atoms with Crippen molar-refractivity contribution in [1.82, 2.24) is 19.9 Å². The van der Waals surface area contributed by atoms with Crippen molar-refractivity contribution in [3.63, 3.8) is 0 Å². The van der Waals surface area contributed by atoms with E-state index >= 15 is 0 Å². The van der Waals surface area contributed by atoms with E-state index in [9.17, 15) is 10.1 Å². The Labute approximate surface area is 144 Å². The van der Waals surface area contributed by atoms with E-state index < -0.39 is 4.92 Å². The molecule has 1 aliphatic rings. The van der Waals surface area contributed by atoms with Gasteiger partial charge in [0.15, 0.2) is 0 Å². The molecule has 1 aliphatic heterocycles. The predicted octanol–water partition coefficient (Wildman–Crippen LogP) is 1.27. The highest BCUT2D eigenvalue weighted by atomic mass is 16.6. The van der Waals surface area contributed by atoms with E-state index in [0.717, 1.165) is 19.6 Å². The van der Waals surface area contributed by atoms with Crippen LogP contribution >= 0.6 is 0 Å². The third-order valence-electron chi connectivity index (χ3n) is 3.75. The topological polar surface area (TPSA) is 118 Å². The molecular weight excluding hydrogens is 326 g/mol. The zero-order valence-corrected chi connectivity index (χ0v) is 13.6. The molecule has 2 aromatic heterocycles. The number of nitrogens with zero attached hydrogens (tertiary/aromatic N) is 5. The van der Waals surface area contributed by atoms with Gasteiger partial charge in [-0.1, -0.05) is 0 Å². The van der Waals surface area contributed by atoms with Gasteiger partial charge < -0.3 is 15.4 Å². The zero-order valence-electron chi connectivity index (χ0n) is 13.6. The summed E-state index contributed by atoms with van der Waals surface area (Å²) in [5.74, 6) is 0.321. The molecule has 0 aliphatic carbocycles. The van der Waals surface area contributed by atoms with E-state index in [1.165, 1.54) is 6.33 Å². The summed E-state index contributed by atoms with van der Waals surface area (Å²) in [5, 5.41) is 17.4. The van der Waals surface area contributed by atoms with Crippen molar-refractivity contribution in [3.8, 4) is 0 Å². The van der Waals surface area contributed by atoms with Crippen molar-refractivity contribution >= 4 is 23.0 Å². The van der Waals surface area contributed by atoms with E-state index in [1.807, 2.05) is 0 Å². The molecule has 0 aromatic carbocycles. The van der Waals surface area contributed by atoms with Crippen molar-refractivity contribution in [3.05, 3.63) is 41.0 Å². The molecule has 0 unspecified atom stereocenters. The van der Waals surface area contributed by atoms with Crippen LogP contribution < -0.4 is 10.6 Å². The lowest BCUT2D eigenvalue weighted by Gasteiger charge is -2.26. The highest BCUT2D eigenvalue weighted by Gasteiger charge is 2.23. The van der Waals surface area contributed by atoms with Gasteiger partial charge in [0.1, 0.15) is 6.33 Å². The fourth-order valence-electron chi connectivity index (χ4n) is 2.50. The molecular formula is C15H19N7O3. The van der Waals surface area contributed by atoms with Gasteiger partial charge in [0.2, 0.25) is 11.6 Å². The minimum absolute atomic E-state index is 0.127. The Morgan fingerprint density at radius 1 is 1.28 bits per heavy atom. The molecule has 1 fully saturated rings. The lowest BCUT2D eigenvalue weighted by Crippen LogP contribution is -2.39. The minimum atomic E-state index is -0.490. The number of morpholine rings is 1. The molecule has 0 atom stereocenters. The Morgan fingerprint density at radius 2 is 2.08 bits per heavy atom. The predicted molar refractivity (Wildman–Crippen MR) is 92.0 cm³/mol. The Balaban J connectivity index is 1.70. The lowest BCUT2D eigenvalue weighted by molar-refractivity contribution is -0.383. The van der Waals surface area contributed by atoms with Crippen LogP contribution in [-0.4, -0.2) is 64.2 Å². The molecule has 132 valence electrons. The average molecular weight is 345 g/mol. The highest BCUT2D eigenvalue weighted by molar-refractivity contribution is 5.73. The number of hydrogen-bond acceptors (Lipinski definition) is 9. The van der Waals surface area contributed by atoms with Crippen LogP contribution in [0.3, 0.4) is 0 Å². The van der Waals surface area contributed by atoms with Crippen LogP contribution in [0.2, 0.25) is 0 Å². The Bertz CT molecular complexity index is 708. The highest BCUT2D eigenvalue weighted by Crippen LogP contribution is 2.30. The van der Waals surface area contributed by atoms with Crippen LogP contribution in [0.15, 0.2) is 30.9 Å². The maximum absolute atomic E-state index is 11.5. The van der Waals surface area contributed by atoms with Gasteiger partial charge in [-0.05, 0) is 12.1 Å². The summed E-state index contributed by atoms with van der Waals surface area (Å²) in [6, 6.07) is 3.49. The van der Waals surface area contributed by atoms with E-state index in [1.54, 1.807) is 24.5 Å². The SMILES string of the molecule is O=[N+]([O-])c1c(NCCN2CCOCC2)ncnc1Nc1cccnc1. The second-order valence-electron chi connectivity index (χ2n) is 5.42. The number of hydrogen-bond donors (Lipinski definition) is 2. The number of rotatable bonds is 7. The van der Waals surface area contributed by atoms with E-state index in [4.69, 9.17) is 4.74 Å². The van der Waals surface area contributed by atoms with Crippen LogP contribution in [-0.2, 0) is 4.74 Å². The molecule has 2 N–H and O–H groups in total. The second kappa shape index (κ2) is 8.31. The van der Waals surface area contributed by atoms with Crippen LogP contribution in [0.25, 0.3) is 0 Å². The first-order chi connectivity index (χ1) is 12.2. The van der Waals surface area contributed by atoms with Gasteiger partial charge in [-0.3, -0.25) is 20.0 Å². The van der Waals surface area contributed by atoms with Gasteiger partial charge in [-0.15, -0.1) is 0 Å². The Morgan fingerprint density at radius 3 is 2.80 bits per heavy atom. The third-order valence-corrected chi connectivity index (χ3v) is 3.75. The fourth-order valence-corrected chi connectivity index (χ4v) is 2.50. The molecule has 0 bridgehead atoms. The van der Waals surface area contributed by atoms with E-state index in [0.29, 0.717) is 25.4 Å². The zero-order chi connectivity index (χ0) is 17.5. The first-order valence-electron chi connectivity index (χ1n) is 7.94. The van der Waals surface area contributed by atoms with Gasteiger partial charge in [-0.25, -0.2) is 9.97 Å². The Hall–Kier alpha value is -2.85. The van der Waals surface area contributed by atoms with Crippen molar-refractivity contribution in [2.75, 3.05) is 50.0 Å². The molecule has 0 amide bonds. The summed E-state index contributed by atoms with van der Waals surface area (Å²) in [6.45, 7) is 4.46. The first-order valence-corrected chi connectivity index (χ1v) is 7.94. The molecule has 2 aromatic rings. The second-order valence-corrected chi connectivity index (χ2v) is 5.42. The van der Waals surface area contributed by atoms with Crippen molar-refractivity contribution in [1.29, 1.82) is 0 Å². The first kappa shape index (κ1) is 17.0. The normalized spacial score (nSPS) is 14.9. The number of aromatic nitrogens is 3. The smallest absolute Gasteiger partial charge is 0.353 e. The average Bonchev–Trinajstić information content (AvgIpc) is 2.63. The van der Waals surface area contributed by atoms with Crippen LogP contribution in [0.4, 0.5) is 23.0 Å². The van der Waals surface area contributed by atoms with Crippen LogP contribution in [0, 0.1) is 10.1 Å². The van der Waals surface area contributed by atoms with Crippen molar-refractivity contribution < 1.29 is 9.66 Å². The van der Waals surface area contributed by atoms with Gasteiger partial charge in [0.05, 0.1) is 30.0 Å². The Kier molecular flexibility index (Phi) is 5.65. The summed E-state index contributed by atoms with van der Waals surface area (Å²) < 4.78 is 5.30. The minimum Gasteiger partial charge on any atom is -0.379 e. The third kappa shape index (κ3) is 4.58. The molecule has 3 rings (SSSR count). The van der Waals surface area contributed by atoms with Gasteiger partial charge in [0, 0.05) is 32.4 Å². The van der Waals surface area contributed by atoms with E-state index in [-0.39, 0.29) is 17.3 Å². The molecule has 10 heteroatoms. The van der Waals surface area contributed by atoms with Gasteiger partial charge in [0.25, 0.3) is 0 Å². The molecule has 1 saturated heterocycles. The monoisotopic (exact) mass is 345 g/mol. The molecule has 0 saturated carbocycles. The maximum Gasteiger partial charge on any atom is 0.353 e. The van der Waals surface area contributed by atoms with Crippen molar-refractivity contribution in [2.45, 2.75) is 0 Å². The number of anilines is 3. The van der Waals surface area contributed by atoms with Crippen molar-refractivity contribution in [2.24, 2.45) is 0 Å². The molecule has 0 radical (unpaired) electrons. The largest absolute Gasteiger partial charge is 0.379 e. The maximum atomic E-state index is 11.5. The summed E-state index contributed by atoms with van der Waals surface area (Å²) in [4.78, 5) is 25.2. The number of pyridine rings is 1.